The Labute approximate surface area is 127 Å². The average molecular weight is 293 g/mol. The molecule has 0 amide bonds. The zero-order valence-corrected chi connectivity index (χ0v) is 13.5. The molecule has 1 N–H and O–H groups in total. The van der Waals surface area contributed by atoms with Gasteiger partial charge in [-0.2, -0.15) is 0 Å². The van der Waals surface area contributed by atoms with E-state index in [4.69, 9.17) is 14.2 Å². The maximum absolute atomic E-state index is 6.05. The van der Waals surface area contributed by atoms with Crippen LogP contribution in [0.4, 0.5) is 0 Å². The Kier molecular flexibility index (Phi) is 5.88. The van der Waals surface area contributed by atoms with E-state index in [2.05, 4.69) is 25.2 Å². The van der Waals surface area contributed by atoms with E-state index in [9.17, 15) is 0 Å². The first-order valence-electron chi connectivity index (χ1n) is 7.82. The lowest BCUT2D eigenvalue weighted by Gasteiger charge is -2.29. The van der Waals surface area contributed by atoms with E-state index in [1.165, 1.54) is 12.8 Å². The molecule has 2 rings (SSSR count). The van der Waals surface area contributed by atoms with Crippen LogP contribution < -0.4 is 14.8 Å². The Bertz CT molecular complexity index is 446. The fraction of sp³-hybridized carbons (Fsp3) is 0.647. The molecule has 0 aliphatic heterocycles. The van der Waals surface area contributed by atoms with Crippen molar-refractivity contribution in [1.82, 2.24) is 5.32 Å². The third-order valence-corrected chi connectivity index (χ3v) is 3.97. The van der Waals surface area contributed by atoms with E-state index in [0.717, 1.165) is 30.2 Å². The first-order chi connectivity index (χ1) is 10.2. The van der Waals surface area contributed by atoms with E-state index >= 15 is 0 Å². The van der Waals surface area contributed by atoms with Crippen LogP contribution in [0.3, 0.4) is 0 Å². The molecule has 0 bridgehead atoms. The summed E-state index contributed by atoms with van der Waals surface area (Å²) in [5, 5.41) is 3.57. The van der Waals surface area contributed by atoms with Crippen LogP contribution in [0.25, 0.3) is 0 Å². The van der Waals surface area contributed by atoms with Gasteiger partial charge in [-0.05, 0) is 50.4 Å². The van der Waals surface area contributed by atoms with Gasteiger partial charge in [0.15, 0.2) is 0 Å². The molecule has 2 atom stereocenters. The molecule has 118 valence electrons. The van der Waals surface area contributed by atoms with Gasteiger partial charge in [0.2, 0.25) is 0 Å². The summed E-state index contributed by atoms with van der Waals surface area (Å²) in [6.07, 6.45) is 2.69. The molecule has 0 spiro atoms. The van der Waals surface area contributed by atoms with Crippen molar-refractivity contribution in [2.24, 2.45) is 5.92 Å². The second-order valence-electron chi connectivity index (χ2n) is 5.40. The molecule has 21 heavy (non-hydrogen) atoms. The third-order valence-electron chi connectivity index (χ3n) is 3.97. The van der Waals surface area contributed by atoms with Crippen molar-refractivity contribution in [1.29, 1.82) is 0 Å². The minimum Gasteiger partial charge on any atom is -0.497 e. The lowest BCUT2D eigenvalue weighted by Crippen LogP contribution is -2.35. The van der Waals surface area contributed by atoms with Crippen LogP contribution >= 0.6 is 0 Å². The lowest BCUT2D eigenvalue weighted by molar-refractivity contribution is 0.0183. The van der Waals surface area contributed by atoms with Gasteiger partial charge in [-0.15, -0.1) is 0 Å². The highest BCUT2D eigenvalue weighted by molar-refractivity contribution is 5.43. The molecule has 4 nitrogen and oxygen atoms in total. The van der Waals surface area contributed by atoms with Crippen molar-refractivity contribution in [3.63, 3.8) is 0 Å². The van der Waals surface area contributed by atoms with Crippen molar-refractivity contribution in [3.05, 3.63) is 23.8 Å². The van der Waals surface area contributed by atoms with Gasteiger partial charge >= 0.3 is 0 Å². The highest BCUT2D eigenvalue weighted by Crippen LogP contribution is 2.42. The van der Waals surface area contributed by atoms with Crippen LogP contribution in [0.2, 0.25) is 0 Å². The van der Waals surface area contributed by atoms with Crippen molar-refractivity contribution >= 4 is 0 Å². The van der Waals surface area contributed by atoms with Gasteiger partial charge < -0.3 is 19.5 Å². The number of hydrogen-bond donors (Lipinski definition) is 1. The quantitative estimate of drug-likeness (QED) is 0.759. The number of likely N-dealkylation sites (N-methyl/N-ethyl adjacent to an activating group) is 1. The zero-order chi connectivity index (χ0) is 15.2. The van der Waals surface area contributed by atoms with E-state index < -0.39 is 0 Å². The van der Waals surface area contributed by atoms with Crippen molar-refractivity contribution in [2.75, 3.05) is 27.4 Å². The maximum atomic E-state index is 6.05. The Morgan fingerprint density at radius 2 is 1.95 bits per heavy atom. The van der Waals surface area contributed by atoms with Crippen LogP contribution in [0, 0.1) is 5.92 Å². The molecule has 0 radical (unpaired) electrons. The van der Waals surface area contributed by atoms with Gasteiger partial charge in [0.05, 0.1) is 26.4 Å². The summed E-state index contributed by atoms with van der Waals surface area (Å²) in [5.41, 5.74) is 1.11. The number of methoxy groups -OCH3 is 2. The van der Waals surface area contributed by atoms with E-state index in [1.807, 2.05) is 12.1 Å². The minimum absolute atomic E-state index is 0.132. The van der Waals surface area contributed by atoms with Gasteiger partial charge in [0.1, 0.15) is 11.5 Å². The summed E-state index contributed by atoms with van der Waals surface area (Å²) in [7, 11) is 3.40. The molecule has 1 aromatic carbocycles. The van der Waals surface area contributed by atoms with Crippen LogP contribution in [0.1, 0.15) is 38.3 Å². The van der Waals surface area contributed by atoms with E-state index in [1.54, 1.807) is 14.2 Å². The molecular weight excluding hydrogens is 266 g/mol. The second-order valence-corrected chi connectivity index (χ2v) is 5.40. The predicted molar refractivity (Wildman–Crippen MR) is 84.1 cm³/mol. The second kappa shape index (κ2) is 7.66. The summed E-state index contributed by atoms with van der Waals surface area (Å²) in [6.45, 7) is 5.80. The van der Waals surface area contributed by atoms with E-state index in [0.29, 0.717) is 5.92 Å². The average Bonchev–Trinajstić information content (AvgIpc) is 3.35. The molecule has 4 heteroatoms. The highest BCUT2D eigenvalue weighted by atomic mass is 16.5. The van der Waals surface area contributed by atoms with E-state index in [-0.39, 0.29) is 12.1 Å². The standard InChI is InChI=1S/C17H27NO3/c1-5-18-16(17(21-6-2)12-7-8-12)14-11-13(19-3)9-10-15(14)20-4/h9-12,16-18H,5-8H2,1-4H3. The fourth-order valence-corrected chi connectivity index (χ4v) is 2.83. The van der Waals surface area contributed by atoms with Crippen LogP contribution in [0.15, 0.2) is 18.2 Å². The molecule has 1 fully saturated rings. The molecule has 1 saturated carbocycles. The number of ether oxygens (including phenoxy) is 3. The molecule has 2 unspecified atom stereocenters. The van der Waals surface area contributed by atoms with Crippen molar-refractivity contribution < 1.29 is 14.2 Å². The smallest absolute Gasteiger partial charge is 0.124 e. The first kappa shape index (κ1) is 16.1. The number of rotatable bonds is 9. The predicted octanol–water partition coefficient (Wildman–Crippen LogP) is 3.17. The molecular formula is C17H27NO3. The van der Waals surface area contributed by atoms with Crippen LogP contribution in [-0.4, -0.2) is 33.5 Å². The number of benzene rings is 1. The summed E-state index contributed by atoms with van der Waals surface area (Å²) in [4.78, 5) is 0. The number of hydrogen-bond acceptors (Lipinski definition) is 4. The number of nitrogens with one attached hydrogen (secondary N) is 1. The first-order valence-corrected chi connectivity index (χ1v) is 7.82. The summed E-state index contributed by atoms with van der Waals surface area (Å²) in [6, 6.07) is 6.08. The van der Waals surface area contributed by atoms with Crippen LogP contribution in [-0.2, 0) is 4.74 Å². The Morgan fingerprint density at radius 3 is 2.48 bits per heavy atom. The summed E-state index contributed by atoms with van der Waals surface area (Å²) in [5.74, 6) is 2.37. The molecule has 1 aliphatic rings. The van der Waals surface area contributed by atoms with Crippen molar-refractivity contribution in [2.45, 2.75) is 38.8 Å². The van der Waals surface area contributed by atoms with Gasteiger partial charge in [-0.1, -0.05) is 6.92 Å². The SMILES string of the molecule is CCNC(c1cc(OC)ccc1OC)C(OCC)C1CC1. The highest BCUT2D eigenvalue weighted by Gasteiger charge is 2.38. The zero-order valence-electron chi connectivity index (χ0n) is 13.5. The van der Waals surface area contributed by atoms with Gasteiger partial charge in [0, 0.05) is 12.2 Å². The topological polar surface area (TPSA) is 39.7 Å². The minimum atomic E-state index is 0.132. The van der Waals surface area contributed by atoms with Crippen LogP contribution in [0.5, 0.6) is 11.5 Å². The normalized spacial score (nSPS) is 17.3. The van der Waals surface area contributed by atoms with Gasteiger partial charge in [-0.25, -0.2) is 0 Å². The maximum Gasteiger partial charge on any atom is 0.124 e. The van der Waals surface area contributed by atoms with Gasteiger partial charge in [-0.3, -0.25) is 0 Å². The Hall–Kier alpha value is -1.26. The largest absolute Gasteiger partial charge is 0.497 e. The molecule has 0 saturated heterocycles. The molecule has 0 heterocycles. The molecule has 1 aromatic rings. The monoisotopic (exact) mass is 293 g/mol. The summed E-state index contributed by atoms with van der Waals surface area (Å²) >= 11 is 0. The third kappa shape index (κ3) is 3.89. The molecule has 0 aromatic heterocycles. The molecule has 1 aliphatic carbocycles. The lowest BCUT2D eigenvalue weighted by atomic mass is 9.96. The Morgan fingerprint density at radius 1 is 1.19 bits per heavy atom. The Balaban J connectivity index is 2.35. The van der Waals surface area contributed by atoms with Gasteiger partial charge in [0.25, 0.3) is 0 Å². The van der Waals surface area contributed by atoms with Crippen molar-refractivity contribution in [3.8, 4) is 11.5 Å². The summed E-state index contributed by atoms with van der Waals surface area (Å²) < 4.78 is 17.0. The fourth-order valence-electron chi connectivity index (χ4n) is 2.83.